The van der Waals surface area contributed by atoms with E-state index in [1.165, 1.54) is 18.4 Å². The minimum Gasteiger partial charge on any atom is -0.497 e. The first-order valence-corrected chi connectivity index (χ1v) is 17.2. The predicted molar refractivity (Wildman–Crippen MR) is 149 cm³/mol. The molecule has 1 fully saturated rings. The summed E-state index contributed by atoms with van der Waals surface area (Å²) in [5.41, 5.74) is 1.18. The van der Waals surface area contributed by atoms with Crippen molar-refractivity contribution in [3.63, 3.8) is 0 Å². The van der Waals surface area contributed by atoms with Crippen molar-refractivity contribution in [3.05, 3.63) is 29.8 Å². The van der Waals surface area contributed by atoms with Gasteiger partial charge in [0.15, 0.2) is 8.32 Å². The summed E-state index contributed by atoms with van der Waals surface area (Å²) in [7, 11) is -0.0866. The van der Waals surface area contributed by atoms with Crippen LogP contribution in [0.5, 0.6) is 5.75 Å². The van der Waals surface area contributed by atoms with E-state index in [0.717, 1.165) is 42.3 Å². The molecular formula is C27H47IO4Si. The maximum absolute atomic E-state index is 6.80. The summed E-state index contributed by atoms with van der Waals surface area (Å²) >= 11 is 2.48. The molecule has 0 aliphatic carbocycles. The number of alkyl halides is 1. The Morgan fingerprint density at radius 2 is 1.82 bits per heavy atom. The minimum absolute atomic E-state index is 0.154. The van der Waals surface area contributed by atoms with Gasteiger partial charge in [-0.3, -0.25) is 0 Å². The molecule has 0 saturated carbocycles. The predicted octanol–water partition coefficient (Wildman–Crippen LogP) is 7.92. The van der Waals surface area contributed by atoms with Gasteiger partial charge in [0.1, 0.15) is 5.75 Å². The molecule has 0 spiro atoms. The highest BCUT2D eigenvalue weighted by atomic mass is 127. The number of hydrogen-bond donors (Lipinski definition) is 0. The summed E-state index contributed by atoms with van der Waals surface area (Å²) < 4.78 is 26.2. The van der Waals surface area contributed by atoms with E-state index in [-0.39, 0.29) is 23.4 Å². The van der Waals surface area contributed by atoms with Gasteiger partial charge < -0.3 is 18.6 Å². The van der Waals surface area contributed by atoms with Crippen molar-refractivity contribution in [1.29, 1.82) is 0 Å². The highest BCUT2D eigenvalue weighted by Crippen LogP contribution is 2.39. The van der Waals surface area contributed by atoms with Crippen molar-refractivity contribution < 1.29 is 18.6 Å². The van der Waals surface area contributed by atoms with Crippen molar-refractivity contribution >= 4 is 30.9 Å². The molecule has 33 heavy (non-hydrogen) atoms. The Labute approximate surface area is 217 Å². The molecule has 0 aromatic heterocycles. The van der Waals surface area contributed by atoms with Gasteiger partial charge in [-0.1, -0.05) is 75.3 Å². The van der Waals surface area contributed by atoms with Crippen LogP contribution in [0.15, 0.2) is 24.3 Å². The molecule has 6 heteroatoms. The average Bonchev–Trinajstić information content (AvgIpc) is 3.21. The number of halogens is 1. The van der Waals surface area contributed by atoms with Crippen molar-refractivity contribution in [3.8, 4) is 5.75 Å². The summed E-state index contributed by atoms with van der Waals surface area (Å²) in [4.78, 5) is 0. The highest BCUT2D eigenvalue weighted by Gasteiger charge is 2.40. The largest absolute Gasteiger partial charge is 0.497 e. The maximum atomic E-state index is 6.80. The van der Waals surface area contributed by atoms with Gasteiger partial charge in [0.05, 0.1) is 32.0 Å². The molecule has 4 unspecified atom stereocenters. The zero-order valence-corrected chi connectivity index (χ0v) is 25.2. The topological polar surface area (TPSA) is 36.9 Å². The molecule has 1 saturated heterocycles. The van der Waals surface area contributed by atoms with E-state index < -0.39 is 8.32 Å². The molecule has 4 atom stereocenters. The fourth-order valence-corrected chi connectivity index (χ4v) is 6.22. The van der Waals surface area contributed by atoms with Crippen LogP contribution in [0.2, 0.25) is 18.1 Å². The van der Waals surface area contributed by atoms with Gasteiger partial charge in [-0.05, 0) is 67.9 Å². The zero-order chi connectivity index (χ0) is 24.5. The van der Waals surface area contributed by atoms with Crippen LogP contribution < -0.4 is 4.74 Å². The van der Waals surface area contributed by atoms with Crippen LogP contribution in [0, 0.1) is 0 Å². The molecule has 1 aromatic carbocycles. The van der Waals surface area contributed by atoms with Crippen molar-refractivity contribution in [2.45, 2.75) is 122 Å². The van der Waals surface area contributed by atoms with Crippen molar-refractivity contribution in [1.82, 2.24) is 0 Å². The van der Waals surface area contributed by atoms with Gasteiger partial charge in [0.25, 0.3) is 0 Å². The number of unbranched alkanes of at least 4 members (excludes halogenated alkanes) is 1. The quantitative estimate of drug-likeness (QED) is 0.125. The van der Waals surface area contributed by atoms with Crippen LogP contribution in [0.25, 0.3) is 0 Å². The monoisotopic (exact) mass is 590 g/mol. The summed E-state index contributed by atoms with van der Waals surface area (Å²) in [6.07, 6.45) is 8.62. The van der Waals surface area contributed by atoms with E-state index in [1.54, 1.807) is 7.11 Å². The summed E-state index contributed by atoms with van der Waals surface area (Å²) in [5, 5.41) is 0.232. The number of benzene rings is 1. The molecular weight excluding hydrogens is 543 g/mol. The Kier molecular flexibility index (Phi) is 12.2. The molecule has 2 rings (SSSR count). The third kappa shape index (κ3) is 9.43. The van der Waals surface area contributed by atoms with Gasteiger partial charge in [0.2, 0.25) is 0 Å². The van der Waals surface area contributed by atoms with E-state index in [1.807, 2.05) is 12.1 Å². The lowest BCUT2D eigenvalue weighted by molar-refractivity contribution is -0.0848. The first-order valence-electron chi connectivity index (χ1n) is 12.7. The van der Waals surface area contributed by atoms with Crippen LogP contribution in [-0.4, -0.2) is 44.3 Å². The first kappa shape index (κ1) is 29.1. The number of ether oxygens (including phenoxy) is 3. The third-order valence-corrected chi connectivity index (χ3v) is 12.4. The summed E-state index contributed by atoms with van der Waals surface area (Å²) in [5.74, 6) is 0.879. The molecule has 0 N–H and O–H groups in total. The number of methoxy groups -OCH3 is 1. The molecule has 0 radical (unpaired) electrons. The fourth-order valence-electron chi connectivity index (χ4n) is 4.12. The van der Waals surface area contributed by atoms with Crippen LogP contribution >= 0.6 is 22.6 Å². The lowest BCUT2D eigenvalue weighted by Gasteiger charge is -2.40. The third-order valence-electron chi connectivity index (χ3n) is 7.24. The smallest absolute Gasteiger partial charge is 0.192 e. The Balaban J connectivity index is 1.95. The van der Waals surface area contributed by atoms with E-state index in [4.69, 9.17) is 18.6 Å². The lowest BCUT2D eigenvalue weighted by atomic mass is 10.0. The second-order valence-electron chi connectivity index (χ2n) is 10.9. The van der Waals surface area contributed by atoms with Crippen LogP contribution in [0.3, 0.4) is 0 Å². The second-order valence-corrected chi connectivity index (χ2v) is 16.8. The minimum atomic E-state index is -1.78. The van der Waals surface area contributed by atoms with Gasteiger partial charge >= 0.3 is 0 Å². The number of rotatable bonds is 14. The highest BCUT2D eigenvalue weighted by molar-refractivity contribution is 14.1. The number of hydrogen-bond acceptors (Lipinski definition) is 4. The van der Waals surface area contributed by atoms with Crippen LogP contribution in [0.1, 0.15) is 78.2 Å². The van der Waals surface area contributed by atoms with E-state index in [9.17, 15) is 0 Å². The molecule has 4 nitrogen and oxygen atoms in total. The Morgan fingerprint density at radius 1 is 1.12 bits per heavy atom. The summed E-state index contributed by atoms with van der Waals surface area (Å²) in [6.45, 7) is 14.5. The molecule has 1 heterocycles. The first-order chi connectivity index (χ1) is 15.6. The normalized spacial score (nSPS) is 21.2. The Hall–Kier alpha value is -0.153. The SMILES string of the molecule is CCCCC(OCc1ccc(OC)cc1)C1CCC(CC(CCI)O[Si](C)(C)C(C)(C)C)O1. The zero-order valence-electron chi connectivity index (χ0n) is 22.0. The van der Waals surface area contributed by atoms with Gasteiger partial charge in [-0.15, -0.1) is 0 Å². The fraction of sp³-hybridized carbons (Fsp3) is 0.778. The van der Waals surface area contributed by atoms with E-state index in [0.29, 0.717) is 12.7 Å². The molecule has 190 valence electrons. The maximum Gasteiger partial charge on any atom is 0.192 e. The standard InChI is InChI=1S/C27H47IO4Si/c1-8-9-10-25(30-20-21-11-13-22(29-5)14-12-21)26-16-15-23(31-26)19-24(17-18-28)32-33(6,7)27(2,3)4/h11-14,23-26H,8-10,15-20H2,1-7H3. The summed E-state index contributed by atoms with van der Waals surface area (Å²) in [6, 6.07) is 8.16. The van der Waals surface area contributed by atoms with Crippen LogP contribution in [0.4, 0.5) is 0 Å². The van der Waals surface area contributed by atoms with Crippen LogP contribution in [-0.2, 0) is 20.5 Å². The Morgan fingerprint density at radius 3 is 2.39 bits per heavy atom. The Bertz CT molecular complexity index is 674. The van der Waals surface area contributed by atoms with E-state index in [2.05, 4.69) is 75.5 Å². The second kappa shape index (κ2) is 13.8. The average molecular weight is 591 g/mol. The van der Waals surface area contributed by atoms with Gasteiger partial charge in [-0.25, -0.2) is 0 Å². The molecule has 1 aliphatic rings. The van der Waals surface area contributed by atoms with Gasteiger partial charge in [0, 0.05) is 10.5 Å². The van der Waals surface area contributed by atoms with Gasteiger partial charge in [-0.2, -0.15) is 0 Å². The van der Waals surface area contributed by atoms with Crippen molar-refractivity contribution in [2.75, 3.05) is 11.5 Å². The lowest BCUT2D eigenvalue weighted by Crippen LogP contribution is -2.44. The molecule has 1 aromatic rings. The molecule has 0 amide bonds. The molecule has 0 bridgehead atoms. The van der Waals surface area contributed by atoms with Crippen molar-refractivity contribution in [2.24, 2.45) is 0 Å². The van der Waals surface area contributed by atoms with E-state index >= 15 is 0 Å². The molecule has 1 aliphatic heterocycles.